The zero-order chi connectivity index (χ0) is 15.1. The van der Waals surface area contributed by atoms with E-state index in [1.165, 1.54) is 0 Å². The zero-order valence-electron chi connectivity index (χ0n) is 13.4. The van der Waals surface area contributed by atoms with Crippen LogP contribution < -0.4 is 15.4 Å². The molecule has 2 N–H and O–H groups in total. The van der Waals surface area contributed by atoms with Gasteiger partial charge in [-0.15, -0.1) is 12.4 Å². The van der Waals surface area contributed by atoms with Crippen molar-refractivity contribution < 1.29 is 9.53 Å². The maximum absolute atomic E-state index is 12.1. The molecule has 1 atom stereocenters. The average molecular weight is 327 g/mol. The molecule has 1 amide bonds. The Labute approximate surface area is 139 Å². The van der Waals surface area contributed by atoms with Gasteiger partial charge in [0.05, 0.1) is 6.61 Å². The van der Waals surface area contributed by atoms with E-state index >= 15 is 0 Å². The number of carbonyl (C=O) groups excluding carboxylic acids is 1. The molecule has 0 aliphatic carbocycles. The minimum atomic E-state index is -0.00238. The van der Waals surface area contributed by atoms with Crippen molar-refractivity contribution in [3.63, 3.8) is 0 Å². The molecule has 1 aliphatic rings. The van der Waals surface area contributed by atoms with Crippen LogP contribution in [0.25, 0.3) is 0 Å². The van der Waals surface area contributed by atoms with Crippen molar-refractivity contribution in [1.82, 2.24) is 10.6 Å². The summed E-state index contributed by atoms with van der Waals surface area (Å²) in [6.07, 6.45) is 3.21. The molecule has 4 nitrogen and oxygen atoms in total. The van der Waals surface area contributed by atoms with Crippen molar-refractivity contribution >= 4 is 18.3 Å². The molecule has 1 aromatic carbocycles. The molecule has 5 heteroatoms. The summed E-state index contributed by atoms with van der Waals surface area (Å²) in [4.78, 5) is 12.1. The summed E-state index contributed by atoms with van der Waals surface area (Å²) < 4.78 is 5.66. The molecule has 0 spiro atoms. The highest BCUT2D eigenvalue weighted by Gasteiger charge is 2.16. The number of piperidine rings is 1. The van der Waals surface area contributed by atoms with E-state index in [4.69, 9.17) is 4.74 Å². The summed E-state index contributed by atoms with van der Waals surface area (Å²) in [5.41, 5.74) is 0.691. The van der Waals surface area contributed by atoms with Crippen LogP contribution in [0.1, 0.15) is 43.5 Å². The van der Waals surface area contributed by atoms with Crippen LogP contribution in [0.5, 0.6) is 5.75 Å². The number of hydrogen-bond donors (Lipinski definition) is 2. The maximum Gasteiger partial charge on any atom is 0.251 e. The molecule has 0 bridgehead atoms. The van der Waals surface area contributed by atoms with E-state index in [9.17, 15) is 4.79 Å². The van der Waals surface area contributed by atoms with Gasteiger partial charge in [0.15, 0.2) is 0 Å². The third-order valence-corrected chi connectivity index (χ3v) is 3.71. The third-order valence-electron chi connectivity index (χ3n) is 3.71. The van der Waals surface area contributed by atoms with E-state index in [1.807, 2.05) is 24.3 Å². The van der Waals surface area contributed by atoms with Gasteiger partial charge in [-0.1, -0.05) is 13.8 Å². The summed E-state index contributed by atoms with van der Waals surface area (Å²) in [7, 11) is 0. The number of amides is 1. The van der Waals surface area contributed by atoms with E-state index in [0.717, 1.165) is 44.7 Å². The van der Waals surface area contributed by atoms with Gasteiger partial charge in [-0.05, 0) is 56.0 Å². The van der Waals surface area contributed by atoms with Gasteiger partial charge in [0.2, 0.25) is 0 Å². The highest BCUT2D eigenvalue weighted by molar-refractivity contribution is 5.94. The Balaban J connectivity index is 0.00000242. The standard InChI is InChI=1S/C17H26N2O2.ClH/c1-13(2)9-11-21-16-7-5-14(6-8-16)17(20)19-15-4-3-10-18-12-15;/h5-8,13,15,18H,3-4,9-12H2,1-2H3,(H,19,20);1H. The summed E-state index contributed by atoms with van der Waals surface area (Å²) in [5.74, 6) is 1.46. The monoisotopic (exact) mass is 326 g/mol. The number of nitrogens with one attached hydrogen (secondary N) is 2. The molecular formula is C17H27ClN2O2. The van der Waals surface area contributed by atoms with Crippen LogP contribution in [0.15, 0.2) is 24.3 Å². The van der Waals surface area contributed by atoms with Crippen molar-refractivity contribution in [3.8, 4) is 5.75 Å². The predicted octanol–water partition coefficient (Wildman–Crippen LogP) is 3.02. The molecule has 0 saturated carbocycles. The lowest BCUT2D eigenvalue weighted by molar-refractivity contribution is 0.0930. The van der Waals surface area contributed by atoms with Crippen LogP contribution in [0.3, 0.4) is 0 Å². The van der Waals surface area contributed by atoms with E-state index in [-0.39, 0.29) is 24.4 Å². The molecule has 124 valence electrons. The smallest absolute Gasteiger partial charge is 0.251 e. The maximum atomic E-state index is 12.1. The van der Waals surface area contributed by atoms with Gasteiger partial charge in [-0.2, -0.15) is 0 Å². The van der Waals surface area contributed by atoms with Crippen LogP contribution in [-0.2, 0) is 0 Å². The van der Waals surface area contributed by atoms with Gasteiger partial charge in [0.1, 0.15) is 5.75 Å². The SMILES string of the molecule is CC(C)CCOc1ccc(C(=O)NC2CCCNC2)cc1.Cl. The lowest BCUT2D eigenvalue weighted by Crippen LogP contribution is -2.45. The van der Waals surface area contributed by atoms with Gasteiger partial charge >= 0.3 is 0 Å². The Hall–Kier alpha value is -1.26. The van der Waals surface area contributed by atoms with E-state index < -0.39 is 0 Å². The third kappa shape index (κ3) is 6.24. The number of carbonyl (C=O) groups is 1. The number of benzene rings is 1. The molecule has 22 heavy (non-hydrogen) atoms. The number of halogens is 1. The van der Waals surface area contributed by atoms with E-state index in [2.05, 4.69) is 24.5 Å². The fraction of sp³-hybridized carbons (Fsp3) is 0.588. The molecule has 1 fully saturated rings. The minimum absolute atomic E-state index is 0. The number of hydrogen-bond acceptors (Lipinski definition) is 3. The molecule has 0 aromatic heterocycles. The zero-order valence-corrected chi connectivity index (χ0v) is 14.2. The molecule has 1 heterocycles. The largest absolute Gasteiger partial charge is 0.494 e. The molecule has 1 unspecified atom stereocenters. The van der Waals surface area contributed by atoms with Crippen LogP contribution in [-0.4, -0.2) is 31.6 Å². The Bertz CT molecular complexity index is 442. The average Bonchev–Trinajstić information content (AvgIpc) is 2.48. The quantitative estimate of drug-likeness (QED) is 0.845. The highest BCUT2D eigenvalue weighted by atomic mass is 35.5. The fourth-order valence-corrected chi connectivity index (χ4v) is 2.36. The molecule has 0 radical (unpaired) electrons. The summed E-state index contributed by atoms with van der Waals surface area (Å²) in [6.45, 7) is 6.99. The number of rotatable bonds is 6. The Morgan fingerprint density at radius 2 is 2.09 bits per heavy atom. The lowest BCUT2D eigenvalue weighted by atomic mass is 10.1. The van der Waals surface area contributed by atoms with Crippen LogP contribution in [0.2, 0.25) is 0 Å². The Morgan fingerprint density at radius 3 is 2.68 bits per heavy atom. The van der Waals surface area contributed by atoms with Crippen LogP contribution in [0, 0.1) is 5.92 Å². The van der Waals surface area contributed by atoms with E-state index in [1.54, 1.807) is 0 Å². The molecule has 1 aliphatic heterocycles. The Morgan fingerprint density at radius 1 is 1.36 bits per heavy atom. The molecular weight excluding hydrogens is 300 g/mol. The second-order valence-electron chi connectivity index (χ2n) is 6.07. The van der Waals surface area contributed by atoms with Crippen LogP contribution >= 0.6 is 12.4 Å². The molecule has 2 rings (SSSR count). The second-order valence-corrected chi connectivity index (χ2v) is 6.07. The Kier molecular flexibility index (Phi) is 8.28. The first-order valence-electron chi connectivity index (χ1n) is 7.89. The minimum Gasteiger partial charge on any atom is -0.494 e. The summed E-state index contributed by atoms with van der Waals surface area (Å²) in [5, 5.41) is 6.37. The van der Waals surface area contributed by atoms with Gasteiger partial charge in [-0.25, -0.2) is 0 Å². The van der Waals surface area contributed by atoms with Crippen molar-refractivity contribution in [2.75, 3.05) is 19.7 Å². The van der Waals surface area contributed by atoms with Gasteiger partial charge in [0.25, 0.3) is 5.91 Å². The first kappa shape index (κ1) is 18.8. The first-order chi connectivity index (χ1) is 10.1. The number of ether oxygens (including phenoxy) is 1. The molecule has 1 aromatic rings. The van der Waals surface area contributed by atoms with Gasteiger partial charge < -0.3 is 15.4 Å². The van der Waals surface area contributed by atoms with Gasteiger partial charge in [-0.3, -0.25) is 4.79 Å². The van der Waals surface area contributed by atoms with Crippen LogP contribution in [0.4, 0.5) is 0 Å². The van der Waals surface area contributed by atoms with E-state index in [0.29, 0.717) is 11.5 Å². The molecule has 1 saturated heterocycles. The summed E-state index contributed by atoms with van der Waals surface area (Å²) in [6, 6.07) is 7.64. The van der Waals surface area contributed by atoms with Crippen molar-refractivity contribution in [2.45, 2.75) is 39.2 Å². The van der Waals surface area contributed by atoms with Crippen molar-refractivity contribution in [3.05, 3.63) is 29.8 Å². The van der Waals surface area contributed by atoms with Crippen molar-refractivity contribution in [2.24, 2.45) is 5.92 Å². The van der Waals surface area contributed by atoms with Gasteiger partial charge in [0, 0.05) is 18.2 Å². The first-order valence-corrected chi connectivity index (χ1v) is 7.89. The lowest BCUT2D eigenvalue weighted by Gasteiger charge is -2.23. The summed E-state index contributed by atoms with van der Waals surface area (Å²) >= 11 is 0. The van der Waals surface area contributed by atoms with Crippen molar-refractivity contribution in [1.29, 1.82) is 0 Å². The predicted molar refractivity (Wildman–Crippen MR) is 92.0 cm³/mol. The second kappa shape index (κ2) is 9.70. The highest BCUT2D eigenvalue weighted by Crippen LogP contribution is 2.14. The topological polar surface area (TPSA) is 50.4 Å². The fourth-order valence-electron chi connectivity index (χ4n) is 2.36. The normalized spacial score (nSPS) is 17.7.